The van der Waals surface area contributed by atoms with Crippen LogP contribution in [-0.2, 0) is 9.47 Å². The van der Waals surface area contributed by atoms with Gasteiger partial charge >= 0.3 is 11.7 Å². The number of hydrogen-bond acceptors (Lipinski definition) is 5. The van der Waals surface area contributed by atoms with Gasteiger partial charge in [-0.1, -0.05) is 0 Å². The van der Waals surface area contributed by atoms with Gasteiger partial charge in [0.05, 0.1) is 17.1 Å². The molecule has 0 amide bonds. The van der Waals surface area contributed by atoms with Crippen molar-refractivity contribution in [3.8, 4) is 0 Å². The molecule has 1 aromatic rings. The van der Waals surface area contributed by atoms with E-state index in [1.807, 2.05) is 0 Å². The van der Waals surface area contributed by atoms with E-state index in [4.69, 9.17) is 9.47 Å². The number of nitrogens with zero attached hydrogens (tertiary/aromatic N) is 1. The van der Waals surface area contributed by atoms with Crippen molar-refractivity contribution < 1.29 is 23.6 Å². The molecule has 0 aliphatic rings. The monoisotopic (exact) mass is 257 g/mol. The molecule has 98 valence electrons. The number of esters is 1. The van der Waals surface area contributed by atoms with E-state index in [0.717, 1.165) is 18.2 Å². The normalized spacial score (nSPS) is 10.1. The lowest BCUT2D eigenvalue weighted by atomic mass is 10.2. The van der Waals surface area contributed by atoms with Gasteiger partial charge in [-0.05, 0) is 12.1 Å². The molecule has 0 aliphatic carbocycles. The van der Waals surface area contributed by atoms with E-state index in [1.165, 1.54) is 7.11 Å². The van der Waals surface area contributed by atoms with Crippen molar-refractivity contribution in [1.29, 1.82) is 0 Å². The molecule has 0 spiro atoms. The van der Waals surface area contributed by atoms with Crippen molar-refractivity contribution in [3.05, 3.63) is 39.7 Å². The molecule has 0 radical (unpaired) electrons. The summed E-state index contributed by atoms with van der Waals surface area (Å²) in [5.41, 5.74) is -0.735. The minimum atomic E-state index is -1.06. The fraction of sp³-hybridized carbons (Fsp3) is 0.364. The zero-order chi connectivity index (χ0) is 13.5. The predicted octanol–water partition coefficient (Wildman–Crippen LogP) is 1.93. The van der Waals surface area contributed by atoms with Crippen LogP contribution in [0, 0.1) is 15.9 Å². The molecule has 0 aromatic heterocycles. The third-order valence-electron chi connectivity index (χ3n) is 2.11. The Balaban J connectivity index is 2.64. The van der Waals surface area contributed by atoms with Crippen molar-refractivity contribution in [2.75, 3.05) is 20.3 Å². The number of ether oxygens (including phenoxy) is 2. The number of nitro groups is 1. The van der Waals surface area contributed by atoms with Gasteiger partial charge in [0.25, 0.3) is 0 Å². The molecular weight excluding hydrogens is 245 g/mol. The Hall–Kier alpha value is -2.02. The number of benzene rings is 1. The minimum absolute atomic E-state index is 0.0597. The first-order valence-corrected chi connectivity index (χ1v) is 5.16. The van der Waals surface area contributed by atoms with E-state index >= 15 is 0 Å². The molecule has 1 aromatic carbocycles. The van der Waals surface area contributed by atoms with Crippen molar-refractivity contribution in [1.82, 2.24) is 0 Å². The Morgan fingerprint density at radius 3 is 2.72 bits per heavy atom. The zero-order valence-corrected chi connectivity index (χ0v) is 9.72. The lowest BCUT2D eigenvalue weighted by Gasteiger charge is -2.04. The van der Waals surface area contributed by atoms with Gasteiger partial charge in [0.2, 0.25) is 5.82 Å². The molecule has 6 nitrogen and oxygen atoms in total. The number of hydrogen-bond donors (Lipinski definition) is 0. The van der Waals surface area contributed by atoms with E-state index < -0.39 is 22.4 Å². The first-order valence-electron chi connectivity index (χ1n) is 5.16. The van der Waals surface area contributed by atoms with Crippen LogP contribution < -0.4 is 0 Å². The van der Waals surface area contributed by atoms with Gasteiger partial charge in [0, 0.05) is 26.2 Å². The number of nitro benzene ring substituents is 1. The summed E-state index contributed by atoms with van der Waals surface area (Å²) in [5, 5.41) is 10.4. The maximum atomic E-state index is 13.2. The Morgan fingerprint density at radius 1 is 1.44 bits per heavy atom. The summed E-state index contributed by atoms with van der Waals surface area (Å²) in [6.45, 7) is 0.590. The SMILES string of the molecule is COCCCOC(=O)c1ccc([N+](=O)[O-])c(F)c1. The second-order valence-electron chi connectivity index (χ2n) is 3.41. The first-order chi connectivity index (χ1) is 8.56. The maximum absolute atomic E-state index is 13.2. The molecule has 0 saturated heterocycles. The Labute approximate surface area is 102 Å². The molecule has 0 saturated carbocycles. The summed E-state index contributed by atoms with van der Waals surface area (Å²) in [5.74, 6) is -1.79. The average Bonchev–Trinajstić information content (AvgIpc) is 2.33. The summed E-state index contributed by atoms with van der Waals surface area (Å²) in [7, 11) is 1.52. The van der Waals surface area contributed by atoms with Crippen LogP contribution in [0.3, 0.4) is 0 Å². The molecule has 7 heteroatoms. The molecule has 0 atom stereocenters. The molecule has 18 heavy (non-hydrogen) atoms. The predicted molar refractivity (Wildman–Crippen MR) is 59.8 cm³/mol. The first kappa shape index (κ1) is 14.0. The zero-order valence-electron chi connectivity index (χ0n) is 9.72. The quantitative estimate of drug-likeness (QED) is 0.336. The fourth-order valence-corrected chi connectivity index (χ4v) is 1.23. The van der Waals surface area contributed by atoms with Crippen LogP contribution in [0.2, 0.25) is 0 Å². The number of carbonyl (C=O) groups is 1. The van der Waals surface area contributed by atoms with Crippen LogP contribution in [0.1, 0.15) is 16.8 Å². The van der Waals surface area contributed by atoms with Crippen LogP contribution in [0.5, 0.6) is 0 Å². The van der Waals surface area contributed by atoms with E-state index in [9.17, 15) is 19.3 Å². The van der Waals surface area contributed by atoms with Gasteiger partial charge in [0.1, 0.15) is 0 Å². The number of rotatable bonds is 6. The van der Waals surface area contributed by atoms with Crippen LogP contribution in [0.25, 0.3) is 0 Å². The highest BCUT2D eigenvalue weighted by Crippen LogP contribution is 2.18. The molecule has 0 bridgehead atoms. The summed E-state index contributed by atoms with van der Waals surface area (Å²) in [6.07, 6.45) is 0.525. The van der Waals surface area contributed by atoms with Gasteiger partial charge in [-0.25, -0.2) is 4.79 Å². The largest absolute Gasteiger partial charge is 0.462 e. The summed E-state index contributed by atoms with van der Waals surface area (Å²) in [6, 6.07) is 2.87. The highest BCUT2D eigenvalue weighted by atomic mass is 19.1. The number of halogens is 1. The van der Waals surface area contributed by atoms with Crippen LogP contribution in [-0.4, -0.2) is 31.2 Å². The minimum Gasteiger partial charge on any atom is -0.462 e. The molecule has 1 rings (SSSR count). The molecule has 0 N–H and O–H groups in total. The molecule has 0 unspecified atom stereocenters. The summed E-state index contributed by atoms with van der Waals surface area (Å²) >= 11 is 0. The van der Waals surface area contributed by atoms with Crippen LogP contribution in [0.15, 0.2) is 18.2 Å². The molecule has 0 aliphatic heterocycles. The van der Waals surface area contributed by atoms with Gasteiger partial charge < -0.3 is 9.47 Å². The molecule has 0 fully saturated rings. The second-order valence-corrected chi connectivity index (χ2v) is 3.41. The van der Waals surface area contributed by atoms with Gasteiger partial charge in [-0.2, -0.15) is 4.39 Å². The third-order valence-corrected chi connectivity index (χ3v) is 2.11. The highest BCUT2D eigenvalue weighted by molar-refractivity contribution is 5.89. The Bertz CT molecular complexity index is 449. The third kappa shape index (κ3) is 3.77. The van der Waals surface area contributed by atoms with Crippen molar-refractivity contribution in [2.45, 2.75) is 6.42 Å². The maximum Gasteiger partial charge on any atom is 0.338 e. The van der Waals surface area contributed by atoms with Crippen molar-refractivity contribution in [2.24, 2.45) is 0 Å². The number of carbonyl (C=O) groups excluding carboxylic acids is 1. The molecule has 0 heterocycles. The summed E-state index contributed by atoms with van der Waals surface area (Å²) in [4.78, 5) is 21.0. The Kier molecular flexibility index (Phi) is 5.19. The van der Waals surface area contributed by atoms with Gasteiger partial charge in [0.15, 0.2) is 0 Å². The molecular formula is C11H12FNO5. The van der Waals surface area contributed by atoms with Crippen LogP contribution in [0.4, 0.5) is 10.1 Å². The van der Waals surface area contributed by atoms with E-state index in [1.54, 1.807) is 0 Å². The topological polar surface area (TPSA) is 78.7 Å². The average molecular weight is 257 g/mol. The number of methoxy groups -OCH3 is 1. The highest BCUT2D eigenvalue weighted by Gasteiger charge is 2.17. The van der Waals surface area contributed by atoms with E-state index in [-0.39, 0.29) is 12.2 Å². The van der Waals surface area contributed by atoms with E-state index in [2.05, 4.69) is 0 Å². The van der Waals surface area contributed by atoms with Crippen molar-refractivity contribution in [3.63, 3.8) is 0 Å². The van der Waals surface area contributed by atoms with Gasteiger partial charge in [-0.15, -0.1) is 0 Å². The summed E-state index contributed by atoms with van der Waals surface area (Å²) < 4.78 is 22.8. The lowest BCUT2D eigenvalue weighted by Crippen LogP contribution is -2.08. The van der Waals surface area contributed by atoms with Crippen molar-refractivity contribution >= 4 is 11.7 Å². The Morgan fingerprint density at radius 2 is 2.17 bits per heavy atom. The fourth-order valence-electron chi connectivity index (χ4n) is 1.23. The second kappa shape index (κ2) is 6.65. The smallest absolute Gasteiger partial charge is 0.338 e. The van der Waals surface area contributed by atoms with E-state index in [0.29, 0.717) is 13.0 Å². The lowest BCUT2D eigenvalue weighted by molar-refractivity contribution is -0.387. The van der Waals surface area contributed by atoms with Gasteiger partial charge in [-0.3, -0.25) is 10.1 Å². The van der Waals surface area contributed by atoms with Crippen LogP contribution >= 0.6 is 0 Å². The standard InChI is InChI=1S/C11H12FNO5/c1-17-5-2-6-18-11(14)8-3-4-10(13(15)16)9(12)7-8/h3-4,7H,2,5-6H2,1H3.